The van der Waals surface area contributed by atoms with Gasteiger partial charge in [0.2, 0.25) is 0 Å². The molecule has 0 aliphatic carbocycles. The summed E-state index contributed by atoms with van der Waals surface area (Å²) in [6.45, 7) is 3.80. The van der Waals surface area contributed by atoms with Gasteiger partial charge in [-0.25, -0.2) is 0 Å². The van der Waals surface area contributed by atoms with Gasteiger partial charge in [-0.2, -0.15) is 0 Å². The van der Waals surface area contributed by atoms with E-state index in [0.717, 1.165) is 5.56 Å². The van der Waals surface area contributed by atoms with E-state index in [0.29, 0.717) is 22.9 Å². The minimum Gasteiger partial charge on any atom is -0.493 e. The topological polar surface area (TPSA) is 55.8 Å². The van der Waals surface area contributed by atoms with Gasteiger partial charge in [-0.1, -0.05) is 11.6 Å². The summed E-state index contributed by atoms with van der Waals surface area (Å²) in [5.41, 5.74) is 0.746. The molecule has 0 aliphatic rings. The van der Waals surface area contributed by atoms with E-state index in [-0.39, 0.29) is 12.5 Å². The lowest BCUT2D eigenvalue weighted by atomic mass is 10.1. The zero-order chi connectivity index (χ0) is 13.7. The molecule has 5 heteroatoms. The Morgan fingerprint density at radius 3 is 2.61 bits per heavy atom. The predicted octanol–water partition coefficient (Wildman–Crippen LogP) is 3.15. The van der Waals surface area contributed by atoms with Crippen LogP contribution in [0.5, 0.6) is 11.5 Å². The van der Waals surface area contributed by atoms with Crippen LogP contribution in [0.2, 0.25) is 5.02 Å². The van der Waals surface area contributed by atoms with E-state index in [2.05, 4.69) is 0 Å². The van der Waals surface area contributed by atoms with Gasteiger partial charge in [0.15, 0.2) is 11.5 Å². The Labute approximate surface area is 111 Å². The number of benzene rings is 1. The van der Waals surface area contributed by atoms with E-state index >= 15 is 0 Å². The van der Waals surface area contributed by atoms with Crippen LogP contribution in [0.3, 0.4) is 0 Å². The lowest BCUT2D eigenvalue weighted by Crippen LogP contribution is -2.09. The third kappa shape index (κ3) is 4.11. The molecule has 1 aromatic rings. The third-order valence-electron chi connectivity index (χ3n) is 2.28. The van der Waals surface area contributed by atoms with Crippen LogP contribution < -0.4 is 9.47 Å². The molecule has 0 aliphatic heterocycles. The van der Waals surface area contributed by atoms with Crippen LogP contribution in [0.1, 0.15) is 25.8 Å². The van der Waals surface area contributed by atoms with Crippen molar-refractivity contribution in [3.63, 3.8) is 0 Å². The fourth-order valence-corrected chi connectivity index (χ4v) is 1.80. The highest BCUT2D eigenvalue weighted by Crippen LogP contribution is 2.36. The van der Waals surface area contributed by atoms with Crippen LogP contribution in [0, 0.1) is 0 Å². The molecule has 1 N–H and O–H groups in total. The van der Waals surface area contributed by atoms with Crippen LogP contribution in [0.4, 0.5) is 0 Å². The Kier molecular flexibility index (Phi) is 5.28. The highest BCUT2D eigenvalue weighted by atomic mass is 35.5. The maximum absolute atomic E-state index is 10.6. The quantitative estimate of drug-likeness (QED) is 0.864. The fourth-order valence-electron chi connectivity index (χ4n) is 1.57. The molecule has 18 heavy (non-hydrogen) atoms. The summed E-state index contributed by atoms with van der Waals surface area (Å²) in [6.07, 6.45) is 0.357. The fraction of sp³-hybridized carbons (Fsp3) is 0.462. The summed E-state index contributed by atoms with van der Waals surface area (Å²) in [7, 11) is 1.53. The lowest BCUT2D eigenvalue weighted by molar-refractivity contribution is -0.136. The number of hydrogen-bond donors (Lipinski definition) is 1. The van der Waals surface area contributed by atoms with Crippen LogP contribution in [0.15, 0.2) is 12.1 Å². The average molecular weight is 273 g/mol. The Morgan fingerprint density at radius 2 is 2.11 bits per heavy atom. The minimum atomic E-state index is -0.857. The molecule has 0 saturated carbocycles. The standard InChI is InChI=1S/C13H17ClO4/c1-8(2)18-13-9(4-5-12(15)16)6-10(14)7-11(13)17-3/h6-8H,4-5H2,1-3H3,(H,15,16). The summed E-state index contributed by atoms with van der Waals surface area (Å²) in [5.74, 6) is 0.235. The summed E-state index contributed by atoms with van der Waals surface area (Å²) in [6, 6.07) is 3.37. The molecule has 4 nitrogen and oxygen atoms in total. The molecule has 0 unspecified atom stereocenters. The smallest absolute Gasteiger partial charge is 0.303 e. The summed E-state index contributed by atoms with van der Waals surface area (Å²) >= 11 is 5.97. The Bertz CT molecular complexity index is 429. The number of aliphatic carboxylic acids is 1. The molecule has 0 heterocycles. The molecule has 0 aromatic heterocycles. The Hall–Kier alpha value is -1.42. The second kappa shape index (κ2) is 6.50. The van der Waals surface area contributed by atoms with Gasteiger partial charge in [-0.3, -0.25) is 4.79 Å². The number of methoxy groups -OCH3 is 1. The number of carboxylic acids is 1. The first-order valence-corrected chi connectivity index (χ1v) is 6.06. The average Bonchev–Trinajstić information content (AvgIpc) is 2.28. The van der Waals surface area contributed by atoms with Crippen molar-refractivity contribution in [1.82, 2.24) is 0 Å². The first kappa shape index (κ1) is 14.6. The van der Waals surface area contributed by atoms with Crippen LogP contribution in [-0.2, 0) is 11.2 Å². The van der Waals surface area contributed by atoms with E-state index in [1.165, 1.54) is 7.11 Å². The second-order valence-corrected chi connectivity index (χ2v) is 4.59. The summed E-state index contributed by atoms with van der Waals surface area (Å²) in [4.78, 5) is 10.6. The maximum Gasteiger partial charge on any atom is 0.303 e. The number of ether oxygens (including phenoxy) is 2. The highest BCUT2D eigenvalue weighted by Gasteiger charge is 2.15. The number of aryl methyl sites for hydroxylation is 1. The van der Waals surface area contributed by atoms with Gasteiger partial charge >= 0.3 is 5.97 Å². The summed E-state index contributed by atoms with van der Waals surface area (Å²) < 4.78 is 10.9. The minimum absolute atomic E-state index is 0.0244. The van der Waals surface area contributed by atoms with Gasteiger partial charge in [-0.05, 0) is 26.3 Å². The molecule has 0 radical (unpaired) electrons. The lowest BCUT2D eigenvalue weighted by Gasteiger charge is -2.17. The van der Waals surface area contributed by atoms with E-state index in [4.69, 9.17) is 26.2 Å². The number of rotatable bonds is 6. The van der Waals surface area contributed by atoms with Crippen molar-refractivity contribution in [3.05, 3.63) is 22.7 Å². The normalized spacial score (nSPS) is 10.5. The first-order valence-electron chi connectivity index (χ1n) is 5.69. The molecule has 1 rings (SSSR count). The summed E-state index contributed by atoms with van der Waals surface area (Å²) in [5, 5.41) is 9.24. The van der Waals surface area contributed by atoms with Crippen molar-refractivity contribution in [2.75, 3.05) is 7.11 Å². The largest absolute Gasteiger partial charge is 0.493 e. The Balaban J connectivity index is 3.10. The van der Waals surface area contributed by atoms with E-state index in [1.54, 1.807) is 12.1 Å². The Morgan fingerprint density at radius 1 is 1.44 bits per heavy atom. The van der Waals surface area contributed by atoms with Crippen molar-refractivity contribution in [1.29, 1.82) is 0 Å². The van der Waals surface area contributed by atoms with Gasteiger partial charge in [0.25, 0.3) is 0 Å². The van der Waals surface area contributed by atoms with E-state index in [9.17, 15) is 4.79 Å². The van der Waals surface area contributed by atoms with Crippen molar-refractivity contribution in [2.24, 2.45) is 0 Å². The zero-order valence-electron chi connectivity index (χ0n) is 10.7. The van der Waals surface area contributed by atoms with Crippen molar-refractivity contribution >= 4 is 17.6 Å². The van der Waals surface area contributed by atoms with Gasteiger partial charge in [0.1, 0.15) is 0 Å². The van der Waals surface area contributed by atoms with Gasteiger partial charge in [-0.15, -0.1) is 0 Å². The third-order valence-corrected chi connectivity index (χ3v) is 2.50. The molecular formula is C13H17ClO4. The second-order valence-electron chi connectivity index (χ2n) is 4.16. The predicted molar refractivity (Wildman–Crippen MR) is 69.7 cm³/mol. The molecule has 1 aromatic carbocycles. The van der Waals surface area contributed by atoms with Crippen molar-refractivity contribution in [3.8, 4) is 11.5 Å². The number of hydrogen-bond acceptors (Lipinski definition) is 3. The van der Waals surface area contributed by atoms with Gasteiger partial charge in [0.05, 0.1) is 13.2 Å². The van der Waals surface area contributed by atoms with Crippen molar-refractivity contribution in [2.45, 2.75) is 32.8 Å². The molecule has 0 saturated heterocycles. The van der Waals surface area contributed by atoms with Crippen LogP contribution in [-0.4, -0.2) is 24.3 Å². The highest BCUT2D eigenvalue weighted by molar-refractivity contribution is 6.30. The maximum atomic E-state index is 10.6. The number of carboxylic acid groups (broad SMARTS) is 1. The zero-order valence-corrected chi connectivity index (χ0v) is 11.5. The van der Waals surface area contributed by atoms with E-state index < -0.39 is 5.97 Å². The molecular weight excluding hydrogens is 256 g/mol. The molecule has 0 spiro atoms. The van der Waals surface area contributed by atoms with Crippen LogP contribution >= 0.6 is 11.6 Å². The SMILES string of the molecule is COc1cc(Cl)cc(CCC(=O)O)c1OC(C)C. The van der Waals surface area contributed by atoms with Gasteiger partial charge < -0.3 is 14.6 Å². The van der Waals surface area contributed by atoms with Crippen LogP contribution in [0.25, 0.3) is 0 Å². The molecule has 100 valence electrons. The number of halogens is 1. The first-order chi connectivity index (χ1) is 8.43. The molecule has 0 atom stereocenters. The molecule has 0 fully saturated rings. The van der Waals surface area contributed by atoms with Crippen molar-refractivity contribution < 1.29 is 19.4 Å². The van der Waals surface area contributed by atoms with Gasteiger partial charge in [0, 0.05) is 23.1 Å². The monoisotopic (exact) mass is 272 g/mol. The molecule has 0 bridgehead atoms. The molecule has 0 amide bonds. The number of carbonyl (C=O) groups is 1. The van der Waals surface area contributed by atoms with E-state index in [1.807, 2.05) is 13.8 Å².